The van der Waals surface area contributed by atoms with Gasteiger partial charge in [0.1, 0.15) is 52.0 Å². The summed E-state index contributed by atoms with van der Waals surface area (Å²) < 4.78 is 172. The topological polar surface area (TPSA) is 16.2 Å². The van der Waals surface area contributed by atoms with Crippen LogP contribution in [0.25, 0.3) is 22.3 Å². The van der Waals surface area contributed by atoms with Crippen molar-refractivity contribution in [2.75, 3.05) is 24.5 Å². The predicted octanol–water partition coefficient (Wildman–Crippen LogP) is 20.8. The molecule has 0 aliphatic carbocycles. The summed E-state index contributed by atoms with van der Waals surface area (Å²) in [6.07, 6.45) is -5.11. The van der Waals surface area contributed by atoms with Crippen molar-refractivity contribution in [2.24, 2.45) is 0 Å². The quantitative estimate of drug-likeness (QED) is 0.0941. The van der Waals surface area contributed by atoms with Crippen LogP contribution in [0.15, 0.2) is 307 Å². The molecule has 0 N–H and O–H groups in total. The van der Waals surface area contributed by atoms with Gasteiger partial charge in [-0.05, 0) is 159 Å². The van der Waals surface area contributed by atoms with E-state index in [-0.39, 0.29) is 55.6 Å². The van der Waals surface area contributed by atoms with Crippen molar-refractivity contribution in [3.8, 4) is 22.3 Å². The number of para-hydroxylation sites is 8. The standard InChI is InChI=1S/C85H49B2F10N5S/c88-63-31-18-32-64(89)81(63)99(53-25-8-3-9-26-53)55-45-73-77-74(46-55)101(82-65(90)33-19-34-66(82)91)71-39-16-12-29-59(71)86(77)61-49-62-84(79(94)80(61)100(73)70-38-15-11-28-58(70)85(95,96)97)103-76-48-56(47-75-78(76)87(62)60-30-13-17-40-72(60)102(75)83-67(92)35-20-36-68(83)93)98(54-43-41-51(42-44-54)50-21-4-1-5-22-50)69-37-14-10-27-57(69)52-23-6-2-7-24-52/h1-49H. The first-order valence-electron chi connectivity index (χ1n) is 33.1. The van der Waals surface area contributed by atoms with Gasteiger partial charge in [0.15, 0.2) is 5.82 Å². The molecule has 0 saturated carbocycles. The molecule has 4 aliphatic rings. The van der Waals surface area contributed by atoms with Gasteiger partial charge < -0.3 is 24.5 Å². The van der Waals surface area contributed by atoms with Crippen molar-refractivity contribution >= 4 is 143 Å². The molecule has 0 atom stereocenters. The number of hydrogen-bond donors (Lipinski definition) is 0. The molecule has 14 aromatic carbocycles. The third-order valence-electron chi connectivity index (χ3n) is 19.7. The van der Waals surface area contributed by atoms with Crippen molar-refractivity contribution in [1.82, 2.24) is 0 Å². The first kappa shape index (κ1) is 63.1. The van der Waals surface area contributed by atoms with E-state index in [1.807, 2.05) is 132 Å². The smallest absolute Gasteiger partial charge is 0.310 e. The Bertz CT molecular complexity index is 5710. The van der Waals surface area contributed by atoms with E-state index >= 15 is 43.9 Å². The summed E-state index contributed by atoms with van der Waals surface area (Å²) >= 11 is 1.01. The van der Waals surface area contributed by atoms with Crippen molar-refractivity contribution in [3.05, 3.63) is 344 Å². The zero-order valence-electron chi connectivity index (χ0n) is 53.9. The van der Waals surface area contributed by atoms with Crippen molar-refractivity contribution in [2.45, 2.75) is 16.0 Å². The lowest BCUT2D eigenvalue weighted by Gasteiger charge is -2.46. The minimum Gasteiger partial charge on any atom is -0.310 e. The molecule has 4 heterocycles. The molecule has 103 heavy (non-hydrogen) atoms. The average molecular weight is 1380 g/mol. The highest BCUT2D eigenvalue weighted by atomic mass is 32.2. The Morgan fingerprint density at radius 3 is 1.32 bits per heavy atom. The molecule has 0 unspecified atom stereocenters. The highest BCUT2D eigenvalue weighted by Crippen LogP contribution is 2.55. The van der Waals surface area contributed by atoms with E-state index in [4.69, 9.17) is 0 Å². The number of nitrogens with zero attached hydrogens (tertiary/aromatic N) is 5. The molecule has 14 aromatic rings. The van der Waals surface area contributed by atoms with Crippen LogP contribution in [0, 0.1) is 40.7 Å². The zero-order chi connectivity index (χ0) is 70.1. The fourth-order valence-corrected chi connectivity index (χ4v) is 16.8. The molecule has 18 heteroatoms. The Kier molecular flexibility index (Phi) is 15.1. The van der Waals surface area contributed by atoms with Gasteiger partial charge in [-0.25, -0.2) is 30.7 Å². The number of fused-ring (bicyclic) bond motifs is 8. The first-order valence-corrected chi connectivity index (χ1v) is 33.9. The van der Waals surface area contributed by atoms with Crippen LogP contribution >= 0.6 is 11.8 Å². The van der Waals surface area contributed by atoms with E-state index < -0.39 is 82.9 Å². The summed E-state index contributed by atoms with van der Waals surface area (Å²) in [5.74, 6) is -6.82. The average Bonchev–Trinajstić information content (AvgIpc) is 0.711. The third-order valence-corrected chi connectivity index (χ3v) is 20.9. The second-order valence-electron chi connectivity index (χ2n) is 25.4. The fourth-order valence-electron chi connectivity index (χ4n) is 15.6. The van der Waals surface area contributed by atoms with Crippen molar-refractivity contribution in [3.63, 3.8) is 0 Å². The second kappa shape index (κ2) is 24.6. The fraction of sp³-hybridized carbons (Fsp3) is 0.0118. The van der Waals surface area contributed by atoms with Crippen LogP contribution in [0.5, 0.6) is 0 Å². The minimum absolute atomic E-state index is 0.00377. The number of anilines is 15. The molecule has 0 bridgehead atoms. The lowest BCUT2D eigenvalue weighted by molar-refractivity contribution is -0.137. The van der Waals surface area contributed by atoms with E-state index in [1.165, 1.54) is 75.4 Å². The molecule has 5 nitrogen and oxygen atoms in total. The number of rotatable bonds is 11. The maximum atomic E-state index is 20.5. The van der Waals surface area contributed by atoms with E-state index in [9.17, 15) is 0 Å². The minimum atomic E-state index is -5.11. The van der Waals surface area contributed by atoms with Gasteiger partial charge in [-0.15, -0.1) is 0 Å². The van der Waals surface area contributed by atoms with Crippen LogP contribution in [0.1, 0.15) is 5.56 Å². The third kappa shape index (κ3) is 10.1. The highest BCUT2D eigenvalue weighted by molar-refractivity contribution is 8.00. The SMILES string of the molecule is Fc1cccc(F)c1N(c1ccccc1)c1cc2c3c(c1)N(c1ccccc1C(F)(F)F)c1c(cc4c(c1F)Sc1cc(N(c5ccc(-c6ccccc6)cc5)c5ccccc5-c5ccccc5)cc5c1B4c1ccccc1N5c1c(F)cccc1F)B3c1ccccc1N2c1c(F)cccc1F. The molecular weight excluding hydrogens is 1330 g/mol. The summed E-state index contributed by atoms with van der Waals surface area (Å²) in [4.78, 5) is 7.76. The number of hydrogen-bond acceptors (Lipinski definition) is 6. The summed E-state index contributed by atoms with van der Waals surface area (Å²) in [5.41, 5.74) is 4.67. The maximum absolute atomic E-state index is 20.5. The lowest BCUT2D eigenvalue weighted by atomic mass is 9.31. The number of benzene rings is 14. The van der Waals surface area contributed by atoms with Crippen LogP contribution in [0.3, 0.4) is 0 Å². The van der Waals surface area contributed by atoms with Crippen LogP contribution in [0.4, 0.5) is 129 Å². The van der Waals surface area contributed by atoms with Crippen LogP contribution in [-0.2, 0) is 6.18 Å². The highest BCUT2D eigenvalue weighted by Gasteiger charge is 2.51. The van der Waals surface area contributed by atoms with Gasteiger partial charge >= 0.3 is 6.18 Å². The van der Waals surface area contributed by atoms with Gasteiger partial charge in [0.05, 0.1) is 28.3 Å². The molecule has 0 amide bonds. The maximum Gasteiger partial charge on any atom is 0.418 e. The number of halogens is 10. The Morgan fingerprint density at radius 1 is 0.311 bits per heavy atom. The zero-order valence-corrected chi connectivity index (χ0v) is 54.7. The monoisotopic (exact) mass is 1380 g/mol. The van der Waals surface area contributed by atoms with Crippen molar-refractivity contribution in [1.29, 1.82) is 0 Å². The summed E-state index contributed by atoms with van der Waals surface area (Å²) in [7, 11) is 0. The Morgan fingerprint density at radius 2 is 0.748 bits per heavy atom. The summed E-state index contributed by atoms with van der Waals surface area (Å²) in [6, 6.07) is 80.8. The van der Waals surface area contributed by atoms with Gasteiger partial charge in [0, 0.05) is 60.9 Å². The second-order valence-corrected chi connectivity index (χ2v) is 26.5. The summed E-state index contributed by atoms with van der Waals surface area (Å²) in [6.45, 7) is -2.15. The molecule has 0 radical (unpaired) electrons. The molecule has 18 rings (SSSR count). The molecule has 0 aromatic heterocycles. The van der Waals surface area contributed by atoms with Crippen LogP contribution in [-0.4, -0.2) is 13.4 Å². The van der Waals surface area contributed by atoms with Gasteiger partial charge in [-0.3, -0.25) is 0 Å². The normalized spacial score (nSPS) is 13.0. The van der Waals surface area contributed by atoms with Gasteiger partial charge in [-0.2, -0.15) is 13.2 Å². The Labute approximate surface area is 590 Å². The number of alkyl halides is 3. The van der Waals surface area contributed by atoms with Crippen molar-refractivity contribution < 1.29 is 43.9 Å². The Hall–Kier alpha value is -12.1. The molecule has 0 spiro atoms. The predicted molar refractivity (Wildman–Crippen MR) is 395 cm³/mol. The molecule has 0 fully saturated rings. The Balaban J connectivity index is 0.951. The van der Waals surface area contributed by atoms with Gasteiger partial charge in [0.2, 0.25) is 6.71 Å². The van der Waals surface area contributed by atoms with Crippen LogP contribution < -0.4 is 57.3 Å². The molecule has 0 saturated heterocycles. The summed E-state index contributed by atoms with van der Waals surface area (Å²) in [5, 5.41) is 0. The van der Waals surface area contributed by atoms with E-state index in [2.05, 4.69) is 0 Å². The van der Waals surface area contributed by atoms with Crippen LogP contribution in [0.2, 0.25) is 0 Å². The molecule has 496 valence electrons. The largest absolute Gasteiger partial charge is 0.418 e. The lowest BCUT2D eigenvalue weighted by Crippen LogP contribution is -2.65. The van der Waals surface area contributed by atoms with E-state index in [1.54, 1.807) is 83.8 Å². The van der Waals surface area contributed by atoms with E-state index in [0.29, 0.717) is 55.2 Å². The van der Waals surface area contributed by atoms with Gasteiger partial charge in [0.25, 0.3) is 6.71 Å². The first-order chi connectivity index (χ1) is 50.2. The van der Waals surface area contributed by atoms with Gasteiger partial charge in [-0.1, -0.05) is 199 Å². The van der Waals surface area contributed by atoms with E-state index in [0.717, 1.165) is 64.3 Å². The molecular formula is C85H49B2F10N5S. The molecule has 4 aliphatic heterocycles.